The normalized spacial score (nSPS) is 10.5. The molecule has 4 aromatic rings. The first-order chi connectivity index (χ1) is 13.6. The van der Waals surface area contributed by atoms with E-state index in [1.165, 1.54) is 0 Å². The summed E-state index contributed by atoms with van der Waals surface area (Å²) in [5.74, 6) is 1.20. The molecule has 5 nitrogen and oxygen atoms in total. The molecule has 0 amide bonds. The van der Waals surface area contributed by atoms with Gasteiger partial charge in [0.05, 0.1) is 0 Å². The van der Waals surface area contributed by atoms with E-state index in [0.29, 0.717) is 17.3 Å². The second-order valence-electron chi connectivity index (χ2n) is 5.95. The zero-order valence-electron chi connectivity index (χ0n) is 14.4. The van der Waals surface area contributed by atoms with Crippen LogP contribution in [0.5, 0.6) is 0 Å². The molecular formula is C21H12Br2N4O. The Kier molecular flexibility index (Phi) is 5.30. The topological polar surface area (TPSA) is 74.8 Å². The van der Waals surface area contributed by atoms with Crippen LogP contribution in [0.25, 0.3) is 44.5 Å². The third kappa shape index (κ3) is 3.87. The number of nitrogens with zero attached hydrogens (tertiary/aromatic N) is 4. The maximum absolute atomic E-state index is 8.56. The third-order valence-electron chi connectivity index (χ3n) is 4.13. The lowest BCUT2D eigenvalue weighted by atomic mass is 10.1. The van der Waals surface area contributed by atoms with Gasteiger partial charge in [0.15, 0.2) is 5.76 Å². The van der Waals surface area contributed by atoms with Crippen molar-refractivity contribution in [3.63, 3.8) is 0 Å². The lowest BCUT2D eigenvalue weighted by Crippen LogP contribution is -1.83. The number of hydrogen-bond acceptors (Lipinski definition) is 3. The molecule has 3 aromatic carbocycles. The Hall–Kier alpha value is -2.86. The highest BCUT2D eigenvalue weighted by molar-refractivity contribution is 9.10. The molecule has 0 aliphatic rings. The minimum atomic E-state index is 0.503. The first-order valence-electron chi connectivity index (χ1n) is 8.32. The van der Waals surface area contributed by atoms with Gasteiger partial charge in [-0.3, -0.25) is 0 Å². The number of hydrogen-bond donors (Lipinski definition) is 0. The minimum absolute atomic E-state index is 0.503. The molecule has 1 aromatic heterocycles. The van der Waals surface area contributed by atoms with Gasteiger partial charge in [0, 0.05) is 36.2 Å². The predicted octanol–water partition coefficient (Wildman–Crippen LogP) is 8.14. The summed E-state index contributed by atoms with van der Waals surface area (Å²) in [6, 6.07) is 23.0. The summed E-state index contributed by atoms with van der Waals surface area (Å²) in [5.41, 5.74) is 12.6. The standard InChI is InChI=1S/C21H12Br2N4O/c22-16-7-1-13(2-8-16)19-20(14-3-9-17(23)10-4-14)28-21(25-19)15-5-11-18(12-6-15)26-27-24/h1-12H. The summed E-state index contributed by atoms with van der Waals surface area (Å²) in [7, 11) is 0. The number of halogens is 2. The Morgan fingerprint density at radius 3 is 1.86 bits per heavy atom. The Balaban J connectivity index is 1.84. The fourth-order valence-electron chi connectivity index (χ4n) is 2.77. The highest BCUT2D eigenvalue weighted by Gasteiger charge is 2.18. The first kappa shape index (κ1) is 18.5. The van der Waals surface area contributed by atoms with Crippen LogP contribution in [0.3, 0.4) is 0 Å². The number of benzene rings is 3. The van der Waals surface area contributed by atoms with E-state index in [-0.39, 0.29) is 0 Å². The fraction of sp³-hybridized carbons (Fsp3) is 0. The van der Waals surface area contributed by atoms with Crippen molar-refractivity contribution in [1.82, 2.24) is 4.98 Å². The van der Waals surface area contributed by atoms with Crippen LogP contribution in [0.15, 0.2) is 91.3 Å². The van der Waals surface area contributed by atoms with E-state index < -0.39 is 0 Å². The lowest BCUT2D eigenvalue weighted by molar-refractivity contribution is 0.589. The monoisotopic (exact) mass is 494 g/mol. The molecular weight excluding hydrogens is 484 g/mol. The van der Waals surface area contributed by atoms with Gasteiger partial charge in [0.2, 0.25) is 5.89 Å². The third-order valence-corrected chi connectivity index (χ3v) is 5.18. The second-order valence-corrected chi connectivity index (χ2v) is 7.78. The van der Waals surface area contributed by atoms with Gasteiger partial charge in [0.1, 0.15) is 5.69 Å². The second kappa shape index (κ2) is 8.02. The van der Waals surface area contributed by atoms with Crippen LogP contribution in [-0.2, 0) is 0 Å². The number of azide groups is 1. The summed E-state index contributed by atoms with van der Waals surface area (Å²) < 4.78 is 8.16. The van der Waals surface area contributed by atoms with Crippen molar-refractivity contribution >= 4 is 37.5 Å². The molecule has 0 bridgehead atoms. The fourth-order valence-corrected chi connectivity index (χ4v) is 3.29. The van der Waals surface area contributed by atoms with E-state index in [4.69, 9.17) is 14.9 Å². The van der Waals surface area contributed by atoms with Crippen molar-refractivity contribution in [2.45, 2.75) is 0 Å². The molecule has 7 heteroatoms. The Labute approximate surface area is 177 Å². The van der Waals surface area contributed by atoms with Crippen molar-refractivity contribution in [2.75, 3.05) is 0 Å². The van der Waals surface area contributed by atoms with Crippen LogP contribution in [0.1, 0.15) is 0 Å². The van der Waals surface area contributed by atoms with Gasteiger partial charge in [-0.05, 0) is 41.9 Å². The van der Waals surface area contributed by atoms with Gasteiger partial charge in [-0.2, -0.15) is 0 Å². The number of rotatable bonds is 4. The molecule has 0 saturated carbocycles. The van der Waals surface area contributed by atoms with Gasteiger partial charge >= 0.3 is 0 Å². The molecule has 0 saturated heterocycles. The zero-order valence-corrected chi connectivity index (χ0v) is 17.6. The van der Waals surface area contributed by atoms with Gasteiger partial charge < -0.3 is 4.42 Å². The highest BCUT2D eigenvalue weighted by atomic mass is 79.9. The van der Waals surface area contributed by atoms with E-state index in [9.17, 15) is 0 Å². The molecule has 0 spiro atoms. The molecule has 1 heterocycles. The predicted molar refractivity (Wildman–Crippen MR) is 117 cm³/mol. The van der Waals surface area contributed by atoms with E-state index in [1.54, 1.807) is 12.1 Å². The molecule has 0 aliphatic heterocycles. The van der Waals surface area contributed by atoms with E-state index >= 15 is 0 Å². The zero-order chi connectivity index (χ0) is 19.5. The molecule has 136 valence electrons. The average molecular weight is 496 g/mol. The van der Waals surface area contributed by atoms with E-state index in [1.807, 2.05) is 60.7 Å². The Morgan fingerprint density at radius 1 is 0.750 bits per heavy atom. The highest BCUT2D eigenvalue weighted by Crippen LogP contribution is 2.37. The number of aromatic nitrogens is 1. The SMILES string of the molecule is [N-]=[N+]=Nc1ccc(-c2nc(-c3ccc(Br)cc3)c(-c3ccc(Br)cc3)o2)cc1. The number of oxazole rings is 1. The molecule has 0 atom stereocenters. The summed E-state index contributed by atoms with van der Waals surface area (Å²) >= 11 is 6.93. The molecule has 4 rings (SSSR count). The quantitative estimate of drug-likeness (QED) is 0.163. The van der Waals surface area contributed by atoms with Crippen LogP contribution >= 0.6 is 31.9 Å². The molecule has 0 fully saturated rings. The van der Waals surface area contributed by atoms with Crippen molar-refractivity contribution in [2.24, 2.45) is 5.11 Å². The van der Waals surface area contributed by atoms with Crippen LogP contribution in [-0.4, -0.2) is 4.98 Å². The van der Waals surface area contributed by atoms with Gasteiger partial charge in [0.25, 0.3) is 0 Å². The summed E-state index contributed by atoms with van der Waals surface area (Å²) in [5, 5.41) is 3.60. The van der Waals surface area contributed by atoms with Crippen LogP contribution in [0.2, 0.25) is 0 Å². The van der Waals surface area contributed by atoms with Crippen molar-refractivity contribution in [1.29, 1.82) is 0 Å². The van der Waals surface area contributed by atoms with Crippen molar-refractivity contribution < 1.29 is 4.42 Å². The minimum Gasteiger partial charge on any atom is -0.435 e. The van der Waals surface area contributed by atoms with Crippen molar-refractivity contribution in [3.05, 3.63) is 92.2 Å². The maximum Gasteiger partial charge on any atom is 0.227 e. The largest absolute Gasteiger partial charge is 0.435 e. The first-order valence-corrected chi connectivity index (χ1v) is 9.91. The van der Waals surface area contributed by atoms with Gasteiger partial charge in [-0.25, -0.2) is 4.98 Å². The summed E-state index contributed by atoms with van der Waals surface area (Å²) in [4.78, 5) is 7.56. The smallest absolute Gasteiger partial charge is 0.227 e. The van der Waals surface area contributed by atoms with E-state index in [0.717, 1.165) is 31.3 Å². The van der Waals surface area contributed by atoms with Crippen molar-refractivity contribution in [3.8, 4) is 34.0 Å². The molecule has 0 unspecified atom stereocenters. The molecule has 28 heavy (non-hydrogen) atoms. The lowest BCUT2D eigenvalue weighted by Gasteiger charge is -2.02. The van der Waals surface area contributed by atoms with Gasteiger partial charge in [-0.1, -0.05) is 73.4 Å². The van der Waals surface area contributed by atoms with Gasteiger partial charge in [-0.15, -0.1) is 0 Å². The van der Waals surface area contributed by atoms with Crippen LogP contribution in [0, 0.1) is 0 Å². The average Bonchev–Trinajstić information content (AvgIpc) is 3.15. The molecule has 0 radical (unpaired) electrons. The Morgan fingerprint density at radius 2 is 1.29 bits per heavy atom. The molecule has 0 aliphatic carbocycles. The van der Waals surface area contributed by atoms with Crippen LogP contribution < -0.4 is 0 Å². The Bertz CT molecular complexity index is 1100. The summed E-state index contributed by atoms with van der Waals surface area (Å²) in [6.07, 6.45) is 0. The maximum atomic E-state index is 8.56. The summed E-state index contributed by atoms with van der Waals surface area (Å²) in [6.45, 7) is 0. The van der Waals surface area contributed by atoms with Crippen LogP contribution in [0.4, 0.5) is 5.69 Å². The van der Waals surface area contributed by atoms with E-state index in [2.05, 4.69) is 41.9 Å². The molecule has 0 N–H and O–H groups in total.